The summed E-state index contributed by atoms with van der Waals surface area (Å²) in [7, 11) is 1.52. The minimum Gasteiger partial charge on any atom is -0.494 e. The summed E-state index contributed by atoms with van der Waals surface area (Å²) in [5, 5.41) is 13.8. The van der Waals surface area contributed by atoms with Crippen LogP contribution < -0.4 is 10.1 Å². The van der Waals surface area contributed by atoms with Gasteiger partial charge in [0.2, 0.25) is 0 Å². The summed E-state index contributed by atoms with van der Waals surface area (Å²) < 4.78 is 5.28. The van der Waals surface area contributed by atoms with Gasteiger partial charge >= 0.3 is 5.97 Å². The third kappa shape index (κ3) is 3.05. The van der Waals surface area contributed by atoms with Crippen LogP contribution in [0.15, 0.2) is 48.5 Å². The number of halogens is 1. The second kappa shape index (κ2) is 6.14. The van der Waals surface area contributed by atoms with E-state index >= 15 is 0 Å². The van der Waals surface area contributed by atoms with Crippen LogP contribution in [0.5, 0.6) is 5.75 Å². The Morgan fingerprint density at radius 2 is 2.00 bits per heavy atom. The van der Waals surface area contributed by atoms with E-state index in [2.05, 4.69) is 10.3 Å². The Hall–Kier alpha value is -2.79. The number of rotatable bonds is 4. The first kappa shape index (κ1) is 15.1. The molecular formula is C17H13ClN2O3. The maximum Gasteiger partial charge on any atom is 0.354 e. The first-order valence-electron chi connectivity index (χ1n) is 6.82. The van der Waals surface area contributed by atoms with Gasteiger partial charge in [-0.05, 0) is 30.3 Å². The zero-order chi connectivity index (χ0) is 16.4. The zero-order valence-electron chi connectivity index (χ0n) is 12.2. The number of aromatic carboxylic acids is 1. The molecule has 0 aliphatic rings. The molecule has 0 unspecified atom stereocenters. The van der Waals surface area contributed by atoms with Gasteiger partial charge < -0.3 is 15.2 Å². The predicted octanol–water partition coefficient (Wildman–Crippen LogP) is 4.34. The second-order valence-corrected chi connectivity index (χ2v) is 5.29. The van der Waals surface area contributed by atoms with Crippen molar-refractivity contribution in [3.05, 3.63) is 59.2 Å². The number of anilines is 2. The van der Waals surface area contributed by atoms with Crippen molar-refractivity contribution in [2.45, 2.75) is 0 Å². The standard InChI is InChI=1S/C17H13ClN2O3/c1-23-15-7-3-6-12-13(9-14(17(21)22)20-16(12)15)19-11-5-2-4-10(18)8-11/h2-9H,1H3,(H,19,20)(H,21,22). The summed E-state index contributed by atoms with van der Waals surface area (Å²) in [5.74, 6) is -0.591. The SMILES string of the molecule is COc1cccc2c(Nc3cccc(Cl)c3)cc(C(=O)O)nc12. The number of pyridine rings is 1. The molecule has 0 radical (unpaired) electrons. The smallest absolute Gasteiger partial charge is 0.354 e. The minimum absolute atomic E-state index is 0.0634. The largest absolute Gasteiger partial charge is 0.494 e. The average molecular weight is 329 g/mol. The number of fused-ring (bicyclic) bond motifs is 1. The number of nitrogens with zero attached hydrogens (tertiary/aromatic N) is 1. The molecule has 116 valence electrons. The van der Waals surface area contributed by atoms with Crippen LogP contribution in [0.4, 0.5) is 11.4 Å². The molecule has 0 fully saturated rings. The molecule has 0 aliphatic heterocycles. The van der Waals surface area contributed by atoms with E-state index in [1.807, 2.05) is 24.3 Å². The summed E-state index contributed by atoms with van der Waals surface area (Å²) in [6.07, 6.45) is 0. The zero-order valence-corrected chi connectivity index (χ0v) is 13.0. The van der Waals surface area contributed by atoms with Crippen LogP contribution in [0.25, 0.3) is 10.9 Å². The molecule has 0 atom stereocenters. The molecule has 5 nitrogen and oxygen atoms in total. The van der Waals surface area contributed by atoms with Crippen LogP contribution in [0.3, 0.4) is 0 Å². The van der Waals surface area contributed by atoms with E-state index in [0.29, 0.717) is 22.0 Å². The number of hydrogen-bond donors (Lipinski definition) is 2. The monoisotopic (exact) mass is 328 g/mol. The summed E-state index contributed by atoms with van der Waals surface area (Å²) >= 11 is 5.99. The van der Waals surface area contributed by atoms with Gasteiger partial charge in [-0.15, -0.1) is 0 Å². The molecule has 0 amide bonds. The molecule has 0 spiro atoms. The molecule has 0 saturated heterocycles. The van der Waals surface area contributed by atoms with Crippen LogP contribution in [0.1, 0.15) is 10.5 Å². The molecule has 3 rings (SSSR count). The van der Waals surface area contributed by atoms with Gasteiger partial charge in [-0.25, -0.2) is 9.78 Å². The van der Waals surface area contributed by atoms with Gasteiger partial charge in [0.15, 0.2) is 5.69 Å². The van der Waals surface area contributed by atoms with Crippen molar-refractivity contribution >= 4 is 39.8 Å². The van der Waals surface area contributed by atoms with Crippen molar-refractivity contribution in [2.75, 3.05) is 12.4 Å². The number of benzene rings is 2. The van der Waals surface area contributed by atoms with Crippen LogP contribution in [0, 0.1) is 0 Å². The fourth-order valence-electron chi connectivity index (χ4n) is 2.32. The Bertz CT molecular complexity index is 896. The highest BCUT2D eigenvalue weighted by atomic mass is 35.5. The number of methoxy groups -OCH3 is 1. The van der Waals surface area contributed by atoms with Crippen molar-refractivity contribution < 1.29 is 14.6 Å². The van der Waals surface area contributed by atoms with E-state index in [-0.39, 0.29) is 5.69 Å². The summed E-state index contributed by atoms with van der Waals surface area (Å²) in [5.41, 5.74) is 1.80. The van der Waals surface area contributed by atoms with Crippen LogP contribution >= 0.6 is 11.6 Å². The van der Waals surface area contributed by atoms with Gasteiger partial charge in [0.05, 0.1) is 12.8 Å². The minimum atomic E-state index is -1.10. The number of carboxylic acid groups (broad SMARTS) is 1. The van der Waals surface area contributed by atoms with E-state index in [0.717, 1.165) is 11.1 Å². The lowest BCUT2D eigenvalue weighted by Crippen LogP contribution is -2.03. The van der Waals surface area contributed by atoms with Crippen molar-refractivity contribution in [2.24, 2.45) is 0 Å². The Kier molecular flexibility index (Phi) is 4.04. The summed E-state index contributed by atoms with van der Waals surface area (Å²) in [4.78, 5) is 15.5. The lowest BCUT2D eigenvalue weighted by Gasteiger charge is -2.13. The summed E-state index contributed by atoms with van der Waals surface area (Å²) in [6, 6.07) is 14.1. The van der Waals surface area contributed by atoms with Gasteiger partial charge in [-0.1, -0.05) is 29.8 Å². The molecular weight excluding hydrogens is 316 g/mol. The van der Waals surface area contributed by atoms with E-state index in [1.54, 1.807) is 18.2 Å². The van der Waals surface area contributed by atoms with Gasteiger partial charge in [-0.3, -0.25) is 0 Å². The van der Waals surface area contributed by atoms with Crippen molar-refractivity contribution in [1.29, 1.82) is 0 Å². The lowest BCUT2D eigenvalue weighted by atomic mass is 10.1. The fraction of sp³-hybridized carbons (Fsp3) is 0.0588. The van der Waals surface area contributed by atoms with Gasteiger partial charge in [0.25, 0.3) is 0 Å². The number of aromatic nitrogens is 1. The van der Waals surface area contributed by atoms with Crippen LogP contribution in [-0.2, 0) is 0 Å². The first-order valence-corrected chi connectivity index (χ1v) is 7.20. The van der Waals surface area contributed by atoms with Crippen molar-refractivity contribution in [1.82, 2.24) is 4.98 Å². The Balaban J connectivity index is 2.19. The Morgan fingerprint density at radius 3 is 2.70 bits per heavy atom. The molecule has 0 bridgehead atoms. The molecule has 1 heterocycles. The molecule has 0 saturated carbocycles. The predicted molar refractivity (Wildman–Crippen MR) is 90.0 cm³/mol. The third-order valence-electron chi connectivity index (χ3n) is 3.35. The molecule has 6 heteroatoms. The second-order valence-electron chi connectivity index (χ2n) is 4.85. The number of carbonyl (C=O) groups is 1. The molecule has 0 aliphatic carbocycles. The molecule has 23 heavy (non-hydrogen) atoms. The van der Waals surface area contributed by atoms with E-state index in [1.165, 1.54) is 13.2 Å². The first-order chi connectivity index (χ1) is 11.1. The number of hydrogen-bond acceptors (Lipinski definition) is 4. The maximum atomic E-state index is 11.4. The number of ether oxygens (including phenoxy) is 1. The lowest BCUT2D eigenvalue weighted by molar-refractivity contribution is 0.0691. The molecule has 3 aromatic rings. The van der Waals surface area contributed by atoms with E-state index in [9.17, 15) is 9.90 Å². The molecule has 2 aromatic carbocycles. The van der Waals surface area contributed by atoms with Crippen molar-refractivity contribution in [3.8, 4) is 5.75 Å². The van der Waals surface area contributed by atoms with E-state index < -0.39 is 5.97 Å². The molecule has 2 N–H and O–H groups in total. The molecule has 1 aromatic heterocycles. The van der Waals surface area contributed by atoms with Crippen LogP contribution in [-0.4, -0.2) is 23.2 Å². The number of para-hydroxylation sites is 1. The van der Waals surface area contributed by atoms with Gasteiger partial charge in [0, 0.05) is 16.1 Å². The highest BCUT2D eigenvalue weighted by Gasteiger charge is 2.14. The summed E-state index contributed by atoms with van der Waals surface area (Å²) in [6.45, 7) is 0. The third-order valence-corrected chi connectivity index (χ3v) is 3.58. The van der Waals surface area contributed by atoms with Gasteiger partial charge in [-0.2, -0.15) is 0 Å². The number of carboxylic acids is 1. The van der Waals surface area contributed by atoms with Crippen LogP contribution in [0.2, 0.25) is 5.02 Å². The Labute approximate surface area is 137 Å². The van der Waals surface area contributed by atoms with Crippen molar-refractivity contribution in [3.63, 3.8) is 0 Å². The number of nitrogens with one attached hydrogen (secondary N) is 1. The van der Waals surface area contributed by atoms with Gasteiger partial charge in [0.1, 0.15) is 11.3 Å². The quantitative estimate of drug-likeness (QED) is 0.745. The Morgan fingerprint density at radius 1 is 1.22 bits per heavy atom. The van der Waals surface area contributed by atoms with E-state index in [4.69, 9.17) is 16.3 Å². The maximum absolute atomic E-state index is 11.4. The highest BCUT2D eigenvalue weighted by molar-refractivity contribution is 6.30. The topological polar surface area (TPSA) is 71.5 Å². The normalized spacial score (nSPS) is 10.5. The highest BCUT2D eigenvalue weighted by Crippen LogP contribution is 2.32. The fourth-order valence-corrected chi connectivity index (χ4v) is 2.51. The average Bonchev–Trinajstić information content (AvgIpc) is 2.54.